The Kier molecular flexibility index (Phi) is 5.63. The molecule has 15 heavy (non-hydrogen) atoms. The zero-order valence-corrected chi connectivity index (χ0v) is 10.5. The molecule has 0 heterocycles. The third-order valence-corrected chi connectivity index (χ3v) is 2.88. The van der Waals surface area contributed by atoms with Crippen LogP contribution in [0.3, 0.4) is 0 Å². The summed E-state index contributed by atoms with van der Waals surface area (Å²) < 4.78 is 0.952. The molecule has 1 rings (SSSR count). The minimum atomic E-state index is 0. The molecule has 0 aliphatic carbocycles. The molecule has 0 aromatic heterocycles. The van der Waals surface area contributed by atoms with Gasteiger partial charge in [-0.1, -0.05) is 36.9 Å². The maximum Gasteiger partial charge on any atom is 0.104 e. The van der Waals surface area contributed by atoms with E-state index in [4.69, 9.17) is 0 Å². The molecule has 1 atom stereocenters. The number of quaternary nitrogens is 1. The predicted octanol–water partition coefficient (Wildman–Crippen LogP) is -0.158. The van der Waals surface area contributed by atoms with E-state index >= 15 is 0 Å². The molecular formula is C13H20ClN. The average molecular weight is 226 g/mol. The molecule has 0 spiro atoms. The molecule has 1 aromatic rings. The third kappa shape index (κ3) is 4.06. The highest BCUT2D eigenvalue weighted by molar-refractivity contribution is 5.13. The van der Waals surface area contributed by atoms with Crippen LogP contribution in [0, 0.1) is 0 Å². The van der Waals surface area contributed by atoms with Gasteiger partial charge in [0.1, 0.15) is 12.6 Å². The maximum absolute atomic E-state index is 3.85. The Morgan fingerprint density at radius 3 is 2.27 bits per heavy atom. The van der Waals surface area contributed by atoms with Gasteiger partial charge in [-0.2, -0.15) is 0 Å². The van der Waals surface area contributed by atoms with Gasteiger partial charge in [0.2, 0.25) is 0 Å². The molecular weight excluding hydrogens is 206 g/mol. The van der Waals surface area contributed by atoms with Crippen molar-refractivity contribution in [3.05, 3.63) is 48.6 Å². The lowest BCUT2D eigenvalue weighted by atomic mass is 10.1. The Labute approximate surface area is 99.4 Å². The highest BCUT2D eigenvalue weighted by atomic mass is 35.5. The standard InChI is InChI=1S/C13H20N.ClH/c1-5-12(2)14(3,4)11-13-9-7-6-8-10-13;/h5-10,12H,1,11H2,2-4H3;1H/q+1;/p-1. The number of likely N-dealkylation sites (N-methyl/N-ethyl adjacent to an activating group) is 1. The van der Waals surface area contributed by atoms with E-state index in [0.29, 0.717) is 6.04 Å². The van der Waals surface area contributed by atoms with Gasteiger partial charge in [-0.15, -0.1) is 0 Å². The van der Waals surface area contributed by atoms with Crippen molar-refractivity contribution in [2.75, 3.05) is 14.1 Å². The summed E-state index contributed by atoms with van der Waals surface area (Å²) in [5, 5.41) is 0. The predicted molar refractivity (Wildman–Crippen MR) is 61.9 cm³/mol. The van der Waals surface area contributed by atoms with E-state index in [9.17, 15) is 0 Å². The fraction of sp³-hybridized carbons (Fsp3) is 0.385. The van der Waals surface area contributed by atoms with Crippen LogP contribution in [0.25, 0.3) is 0 Å². The molecule has 84 valence electrons. The van der Waals surface area contributed by atoms with Crippen molar-refractivity contribution < 1.29 is 16.9 Å². The molecule has 0 N–H and O–H groups in total. The molecule has 0 saturated carbocycles. The van der Waals surface area contributed by atoms with Gasteiger partial charge in [0, 0.05) is 5.56 Å². The van der Waals surface area contributed by atoms with Crippen molar-refractivity contribution in [2.45, 2.75) is 19.5 Å². The van der Waals surface area contributed by atoms with Gasteiger partial charge >= 0.3 is 0 Å². The van der Waals surface area contributed by atoms with E-state index < -0.39 is 0 Å². The molecule has 0 fully saturated rings. The first-order chi connectivity index (χ1) is 6.56. The van der Waals surface area contributed by atoms with Crippen molar-refractivity contribution in [2.24, 2.45) is 0 Å². The summed E-state index contributed by atoms with van der Waals surface area (Å²) in [6, 6.07) is 11.1. The van der Waals surface area contributed by atoms with E-state index in [2.05, 4.69) is 57.9 Å². The van der Waals surface area contributed by atoms with Gasteiger partial charge in [0.05, 0.1) is 14.1 Å². The fourth-order valence-corrected chi connectivity index (χ4v) is 1.48. The van der Waals surface area contributed by atoms with Crippen LogP contribution >= 0.6 is 0 Å². The first-order valence-corrected chi connectivity index (χ1v) is 5.05. The molecule has 0 bridgehead atoms. The summed E-state index contributed by atoms with van der Waals surface area (Å²) in [5.74, 6) is 0. The van der Waals surface area contributed by atoms with Crippen LogP contribution in [0.5, 0.6) is 0 Å². The van der Waals surface area contributed by atoms with Gasteiger partial charge < -0.3 is 16.9 Å². The van der Waals surface area contributed by atoms with Gasteiger partial charge in [-0.25, -0.2) is 0 Å². The summed E-state index contributed by atoms with van der Waals surface area (Å²) >= 11 is 0. The van der Waals surface area contributed by atoms with Crippen LogP contribution in [0.1, 0.15) is 12.5 Å². The largest absolute Gasteiger partial charge is 1.00 e. The Balaban J connectivity index is 0.00000196. The Morgan fingerprint density at radius 1 is 1.27 bits per heavy atom. The van der Waals surface area contributed by atoms with Crippen LogP contribution in [-0.2, 0) is 6.54 Å². The summed E-state index contributed by atoms with van der Waals surface area (Å²) in [6.07, 6.45) is 2.02. The van der Waals surface area contributed by atoms with E-state index in [1.807, 2.05) is 6.08 Å². The number of halogens is 1. The molecule has 0 saturated heterocycles. The molecule has 0 radical (unpaired) electrons. The van der Waals surface area contributed by atoms with Crippen LogP contribution < -0.4 is 12.4 Å². The molecule has 0 aliphatic rings. The fourth-order valence-electron chi connectivity index (χ4n) is 1.48. The minimum absolute atomic E-state index is 0. The summed E-state index contributed by atoms with van der Waals surface area (Å²) in [6.45, 7) is 7.11. The number of hydrogen-bond donors (Lipinski definition) is 0. The second-order valence-electron chi connectivity index (χ2n) is 4.40. The lowest BCUT2D eigenvalue weighted by Crippen LogP contribution is -3.00. The molecule has 0 amide bonds. The molecule has 1 nitrogen and oxygen atoms in total. The molecule has 2 heteroatoms. The molecule has 0 aliphatic heterocycles. The first-order valence-electron chi connectivity index (χ1n) is 5.05. The Morgan fingerprint density at radius 2 is 1.80 bits per heavy atom. The van der Waals surface area contributed by atoms with E-state index in [1.54, 1.807) is 0 Å². The SMILES string of the molecule is C=CC(C)[N+](C)(C)Cc1ccccc1.[Cl-]. The van der Waals surface area contributed by atoms with Gasteiger partial charge in [0.15, 0.2) is 0 Å². The first kappa shape index (κ1) is 14.2. The second kappa shape index (κ2) is 5.94. The van der Waals surface area contributed by atoms with Crippen molar-refractivity contribution in [1.29, 1.82) is 0 Å². The van der Waals surface area contributed by atoms with E-state index in [0.717, 1.165) is 11.0 Å². The minimum Gasteiger partial charge on any atom is -1.00 e. The topological polar surface area (TPSA) is 0 Å². The number of nitrogens with zero attached hydrogens (tertiary/aromatic N) is 1. The van der Waals surface area contributed by atoms with Gasteiger partial charge in [-0.3, -0.25) is 0 Å². The summed E-state index contributed by atoms with van der Waals surface area (Å²) in [5.41, 5.74) is 1.38. The average Bonchev–Trinajstić information content (AvgIpc) is 2.17. The van der Waals surface area contributed by atoms with Gasteiger partial charge in [-0.05, 0) is 13.0 Å². The number of rotatable bonds is 4. The maximum atomic E-state index is 3.85. The van der Waals surface area contributed by atoms with Crippen LogP contribution in [-0.4, -0.2) is 24.6 Å². The molecule has 1 unspecified atom stereocenters. The van der Waals surface area contributed by atoms with Crippen molar-refractivity contribution >= 4 is 0 Å². The lowest BCUT2D eigenvalue weighted by molar-refractivity contribution is -0.919. The lowest BCUT2D eigenvalue weighted by Gasteiger charge is -2.34. The van der Waals surface area contributed by atoms with E-state index in [-0.39, 0.29) is 12.4 Å². The van der Waals surface area contributed by atoms with Crippen molar-refractivity contribution in [3.8, 4) is 0 Å². The van der Waals surface area contributed by atoms with Crippen molar-refractivity contribution in [3.63, 3.8) is 0 Å². The highest BCUT2D eigenvalue weighted by Gasteiger charge is 2.21. The van der Waals surface area contributed by atoms with Crippen LogP contribution in [0.4, 0.5) is 0 Å². The highest BCUT2D eigenvalue weighted by Crippen LogP contribution is 2.13. The smallest absolute Gasteiger partial charge is 0.104 e. The third-order valence-electron chi connectivity index (χ3n) is 2.88. The quantitative estimate of drug-likeness (QED) is 0.494. The molecule has 1 aromatic carbocycles. The summed E-state index contributed by atoms with van der Waals surface area (Å²) in [7, 11) is 4.47. The Bertz CT molecular complexity index is 293. The zero-order chi connectivity index (χ0) is 10.6. The zero-order valence-electron chi connectivity index (χ0n) is 9.78. The van der Waals surface area contributed by atoms with Crippen LogP contribution in [0.15, 0.2) is 43.0 Å². The Hall–Kier alpha value is -0.790. The van der Waals surface area contributed by atoms with Crippen LogP contribution in [0.2, 0.25) is 0 Å². The van der Waals surface area contributed by atoms with E-state index in [1.165, 1.54) is 5.56 Å². The number of benzene rings is 1. The van der Waals surface area contributed by atoms with Crippen molar-refractivity contribution in [1.82, 2.24) is 0 Å². The second-order valence-corrected chi connectivity index (χ2v) is 4.40. The normalized spacial score (nSPS) is 12.7. The van der Waals surface area contributed by atoms with Gasteiger partial charge in [0.25, 0.3) is 0 Å². The summed E-state index contributed by atoms with van der Waals surface area (Å²) in [4.78, 5) is 0. The number of hydrogen-bond acceptors (Lipinski definition) is 0. The monoisotopic (exact) mass is 225 g/mol.